The van der Waals surface area contributed by atoms with E-state index < -0.39 is 62.2 Å². The highest BCUT2D eigenvalue weighted by molar-refractivity contribution is 7.97. The minimum Gasteiger partial charge on any atom is -0.743 e. The van der Waals surface area contributed by atoms with E-state index >= 15 is 0 Å². The topological polar surface area (TPSA) is 151 Å². The van der Waals surface area contributed by atoms with Crippen LogP contribution in [-0.4, -0.2) is 47.6 Å². The van der Waals surface area contributed by atoms with Gasteiger partial charge in [0, 0.05) is 5.41 Å². The van der Waals surface area contributed by atoms with Gasteiger partial charge >= 0.3 is 22.4 Å². The molecule has 0 spiro atoms. The highest BCUT2D eigenvalue weighted by Crippen LogP contribution is 2.63. The molecule has 69 heavy (non-hydrogen) atoms. The van der Waals surface area contributed by atoms with Gasteiger partial charge in [-0.2, -0.15) is 21.9 Å². The first-order valence-electron chi connectivity index (χ1n) is 21.6. The molecular weight excluding hydrogens is 977 g/mol. The van der Waals surface area contributed by atoms with Crippen LogP contribution in [0.2, 0.25) is 0 Å². The molecule has 0 aromatic heterocycles. The van der Waals surface area contributed by atoms with Crippen molar-refractivity contribution in [3.8, 4) is 0 Å². The molecule has 4 saturated carbocycles. The van der Waals surface area contributed by atoms with Crippen molar-refractivity contribution in [3.63, 3.8) is 0 Å². The fraction of sp³-hybridized carbons (Fsp3) is 0.255. The number of alkyl halides is 4. The van der Waals surface area contributed by atoms with Crippen molar-refractivity contribution in [3.05, 3.63) is 182 Å². The maximum atomic E-state index is 13.6. The fourth-order valence-electron chi connectivity index (χ4n) is 9.56. The third-order valence-corrected chi connectivity index (χ3v) is 17.5. The van der Waals surface area contributed by atoms with Crippen LogP contribution in [0.5, 0.6) is 0 Å². The lowest BCUT2D eigenvalue weighted by Crippen LogP contribution is -2.60. The molecule has 6 aromatic rings. The van der Waals surface area contributed by atoms with Crippen LogP contribution in [0.25, 0.3) is 0 Å². The number of esters is 2. The normalized spacial score (nSPS) is 20.5. The average molecular weight is 1020 g/mol. The number of carbonyl (C=O) groups is 2. The second-order valence-corrected chi connectivity index (χ2v) is 23.1. The van der Waals surface area contributed by atoms with Crippen LogP contribution in [0.15, 0.2) is 211 Å². The van der Waals surface area contributed by atoms with Crippen LogP contribution in [0.1, 0.15) is 38.5 Å². The van der Waals surface area contributed by atoms with E-state index in [4.69, 9.17) is 4.74 Å². The molecule has 4 bridgehead atoms. The molecule has 4 aliphatic rings. The van der Waals surface area contributed by atoms with Crippen LogP contribution in [-0.2, 0) is 60.3 Å². The highest BCUT2D eigenvalue weighted by Gasteiger charge is 2.62. The largest absolute Gasteiger partial charge is 0.743 e. The van der Waals surface area contributed by atoms with Gasteiger partial charge in [0.1, 0.15) is 17.6 Å². The molecule has 10 nitrogen and oxygen atoms in total. The zero-order chi connectivity index (χ0) is 49.1. The zero-order valence-electron chi connectivity index (χ0n) is 36.7. The van der Waals surface area contributed by atoms with Gasteiger partial charge in [0.15, 0.2) is 39.5 Å². The molecular formula is C51H46F4O10S4. The number of rotatable bonds is 15. The second kappa shape index (κ2) is 22.7. The average Bonchev–Trinajstić information content (AvgIpc) is 3.34. The summed E-state index contributed by atoms with van der Waals surface area (Å²) in [7, 11) is -6.33. The maximum Gasteiger partial charge on any atom is 0.428 e. The lowest BCUT2D eigenvalue weighted by molar-refractivity contribution is -0.777. The molecule has 6 aromatic carbocycles. The molecule has 2 atom stereocenters. The Hall–Kier alpha value is -5.18. The van der Waals surface area contributed by atoms with Crippen LogP contribution in [0.3, 0.4) is 0 Å². The molecule has 4 fully saturated rings. The Morgan fingerprint density at radius 3 is 1.22 bits per heavy atom. The van der Waals surface area contributed by atoms with Crippen molar-refractivity contribution in [2.45, 2.75) is 84.0 Å². The van der Waals surface area contributed by atoms with Crippen molar-refractivity contribution in [1.82, 2.24) is 0 Å². The van der Waals surface area contributed by atoms with Gasteiger partial charge in [-0.3, -0.25) is 5.04 Å². The Labute approximate surface area is 407 Å². The SMILES string of the molecule is O=C(OCC12CC3CC(C1)CC(OC(=O)C(F)(F)S(=O)(=O)[O-])(C3)C2)C(F)(F)SOO[O-].c1ccc([S+](c2ccccc2)c2ccccc2)cc1.c1ccc([S+](c2ccccc2)c2ccccc2)cc1. The summed E-state index contributed by atoms with van der Waals surface area (Å²) >= 11 is -0.865. The Bertz CT molecular complexity index is 2380. The first-order valence-corrected chi connectivity index (χ1v) is 26.2. The Kier molecular flexibility index (Phi) is 17.0. The molecule has 0 aliphatic heterocycles. The van der Waals surface area contributed by atoms with Gasteiger partial charge in [0.05, 0.1) is 28.4 Å². The first kappa shape index (κ1) is 51.7. The monoisotopic (exact) mass is 1020 g/mol. The van der Waals surface area contributed by atoms with E-state index in [0.717, 1.165) is 0 Å². The Balaban J connectivity index is 0.000000160. The van der Waals surface area contributed by atoms with E-state index in [-0.39, 0.29) is 52.9 Å². The summed E-state index contributed by atoms with van der Waals surface area (Å²) in [5, 5.41) is 2.88. The van der Waals surface area contributed by atoms with E-state index in [1.807, 2.05) is 0 Å². The minimum absolute atomic E-state index is 0.0146. The third kappa shape index (κ3) is 13.0. The summed E-state index contributed by atoms with van der Waals surface area (Å²) in [5.74, 6) is -4.86. The van der Waals surface area contributed by atoms with Gasteiger partial charge in [-0.15, -0.1) is 0 Å². The molecule has 0 saturated heterocycles. The van der Waals surface area contributed by atoms with Crippen molar-refractivity contribution in [2.75, 3.05) is 6.61 Å². The van der Waals surface area contributed by atoms with Crippen LogP contribution < -0.4 is 5.26 Å². The number of hydrogen-bond acceptors (Lipinski definition) is 11. The van der Waals surface area contributed by atoms with Gasteiger partial charge in [-0.1, -0.05) is 109 Å². The molecule has 4 aliphatic carbocycles. The van der Waals surface area contributed by atoms with E-state index in [9.17, 15) is 45.4 Å². The lowest BCUT2D eigenvalue weighted by Gasteiger charge is -2.60. The van der Waals surface area contributed by atoms with Crippen LogP contribution >= 0.6 is 12.0 Å². The Morgan fingerprint density at radius 2 is 0.913 bits per heavy atom. The molecule has 10 rings (SSSR count). The minimum atomic E-state index is -6.30. The van der Waals surface area contributed by atoms with Crippen molar-refractivity contribution >= 4 is 55.9 Å². The summed E-state index contributed by atoms with van der Waals surface area (Å²) in [5.41, 5.74) is -2.50. The van der Waals surface area contributed by atoms with E-state index in [0.29, 0.717) is 19.3 Å². The number of ether oxygens (including phenoxy) is 2. The van der Waals surface area contributed by atoms with Gasteiger partial charge < -0.3 is 19.3 Å². The predicted octanol–water partition coefficient (Wildman–Crippen LogP) is 10.6. The molecule has 2 unspecified atom stereocenters. The standard InChI is InChI=1S/2C18H15S.C15H18F4O10S2/c2*1-4-10-16(11-5-1)19(17-12-6-2-7-13-17)18-14-8-3-9-15-18;16-14(17,30-29-28-22)10(20)26-7-12-2-8-1-9(3-12)5-13(4-8,6-12)27-11(21)15(18,19)31(23,24)25/h2*1-15H;8-9,22H,1-7H2,(H,23,24,25)/q2*+1;/p-2. The summed E-state index contributed by atoms with van der Waals surface area (Å²) in [6.07, 6.45) is 1.52. The summed E-state index contributed by atoms with van der Waals surface area (Å²) in [4.78, 5) is 31.6. The molecule has 0 amide bonds. The molecule has 18 heteroatoms. The van der Waals surface area contributed by atoms with Crippen LogP contribution in [0.4, 0.5) is 17.6 Å². The number of carbonyl (C=O) groups excluding carboxylic acids is 2. The molecule has 0 radical (unpaired) electrons. The summed E-state index contributed by atoms with van der Waals surface area (Å²) < 4.78 is 99.5. The zero-order valence-corrected chi connectivity index (χ0v) is 39.9. The maximum absolute atomic E-state index is 13.6. The number of halogens is 4. The number of hydrogen-bond donors (Lipinski definition) is 0. The molecule has 362 valence electrons. The van der Waals surface area contributed by atoms with Gasteiger partial charge in [0.2, 0.25) is 0 Å². The highest BCUT2D eigenvalue weighted by atomic mass is 32.2. The van der Waals surface area contributed by atoms with Gasteiger partial charge in [-0.05, 0) is 123 Å². The lowest BCUT2D eigenvalue weighted by atomic mass is 9.48. The van der Waals surface area contributed by atoms with Crippen molar-refractivity contribution in [1.29, 1.82) is 0 Å². The van der Waals surface area contributed by atoms with E-state index in [2.05, 4.69) is 196 Å². The van der Waals surface area contributed by atoms with Gasteiger partial charge in [-0.25, -0.2) is 18.0 Å². The summed E-state index contributed by atoms with van der Waals surface area (Å²) in [6.45, 7) is -0.553. The van der Waals surface area contributed by atoms with Crippen molar-refractivity contribution < 1.29 is 64.2 Å². The number of benzene rings is 6. The Morgan fingerprint density at radius 1 is 0.580 bits per heavy atom. The van der Waals surface area contributed by atoms with Crippen molar-refractivity contribution in [2.24, 2.45) is 17.3 Å². The quantitative estimate of drug-likeness (QED) is 0.0184. The van der Waals surface area contributed by atoms with Crippen LogP contribution in [0, 0.1) is 17.3 Å². The molecule has 0 N–H and O–H groups in total. The van der Waals surface area contributed by atoms with E-state index in [1.54, 1.807) is 0 Å². The predicted molar refractivity (Wildman–Crippen MR) is 249 cm³/mol. The molecule has 0 heterocycles. The first-order chi connectivity index (χ1) is 33.0. The van der Waals surface area contributed by atoms with Gasteiger partial charge in [0.25, 0.3) is 0 Å². The fourth-order valence-corrected chi connectivity index (χ4v) is 14.3. The second-order valence-electron chi connectivity index (χ2n) is 16.8. The third-order valence-electron chi connectivity index (χ3n) is 11.8. The van der Waals surface area contributed by atoms with E-state index in [1.165, 1.54) is 29.4 Å². The smallest absolute Gasteiger partial charge is 0.428 e. The summed E-state index contributed by atoms with van der Waals surface area (Å²) in [6, 6.07) is 64.3.